The molecule has 0 radical (unpaired) electrons. The number of aryl methyl sites for hydroxylation is 1. The van der Waals surface area contributed by atoms with Gasteiger partial charge in [-0.3, -0.25) is 0 Å². The van der Waals surface area contributed by atoms with Gasteiger partial charge in [0.05, 0.1) is 12.1 Å². The average Bonchev–Trinajstić information content (AvgIpc) is 2.99. The summed E-state index contributed by atoms with van der Waals surface area (Å²) in [5.74, 6) is 2.45. The van der Waals surface area contributed by atoms with Crippen LogP contribution in [-0.2, 0) is 13.0 Å². The van der Waals surface area contributed by atoms with Gasteiger partial charge in [0.15, 0.2) is 0 Å². The molecule has 0 bridgehead atoms. The van der Waals surface area contributed by atoms with Gasteiger partial charge in [-0.1, -0.05) is 42.5 Å². The minimum Gasteiger partial charge on any atom is -0.478 e. The number of thiol groups is 1. The average molecular weight is 363 g/mol. The molecule has 26 heavy (non-hydrogen) atoms. The highest BCUT2D eigenvalue weighted by Crippen LogP contribution is 2.24. The monoisotopic (exact) mass is 363 g/mol. The van der Waals surface area contributed by atoms with E-state index in [4.69, 9.17) is 6.42 Å². The standard InChI is InChI=1S/C20H17N3O2S/c1-2-3-12-23-18(21-20(26)22-23)13-14-8-10-15(11-9-14)16-6-4-5-7-17(16)19(24)25/h1,4-11H,3,12-13H2,(H,22,26)(H,24,25). The molecule has 0 saturated carbocycles. The summed E-state index contributed by atoms with van der Waals surface area (Å²) in [4.78, 5) is 15.7. The second-order valence-corrected chi connectivity index (χ2v) is 6.13. The molecule has 1 aromatic heterocycles. The molecule has 1 heterocycles. The van der Waals surface area contributed by atoms with Crippen molar-refractivity contribution in [2.24, 2.45) is 0 Å². The van der Waals surface area contributed by atoms with Crippen molar-refractivity contribution in [3.63, 3.8) is 0 Å². The molecule has 0 atom stereocenters. The van der Waals surface area contributed by atoms with E-state index in [1.165, 1.54) is 0 Å². The number of carboxylic acids is 1. The van der Waals surface area contributed by atoms with Gasteiger partial charge in [0.1, 0.15) is 5.82 Å². The van der Waals surface area contributed by atoms with Gasteiger partial charge in [0, 0.05) is 12.8 Å². The lowest BCUT2D eigenvalue weighted by Gasteiger charge is -2.08. The van der Waals surface area contributed by atoms with Crippen LogP contribution in [0.3, 0.4) is 0 Å². The Balaban J connectivity index is 1.84. The summed E-state index contributed by atoms with van der Waals surface area (Å²) < 4.78 is 1.77. The Bertz CT molecular complexity index is 971. The zero-order valence-electron chi connectivity index (χ0n) is 14.0. The van der Waals surface area contributed by atoms with E-state index < -0.39 is 5.97 Å². The Kier molecular flexibility index (Phi) is 5.40. The Morgan fingerprint density at radius 1 is 1.19 bits per heavy atom. The van der Waals surface area contributed by atoms with E-state index in [1.54, 1.807) is 16.8 Å². The number of benzene rings is 2. The number of nitrogens with zero attached hydrogens (tertiary/aromatic N) is 3. The van der Waals surface area contributed by atoms with Crippen molar-refractivity contribution in [3.05, 3.63) is 65.5 Å². The van der Waals surface area contributed by atoms with Crippen LogP contribution in [0.25, 0.3) is 11.1 Å². The number of carbonyl (C=O) groups is 1. The minimum absolute atomic E-state index is 0.286. The maximum absolute atomic E-state index is 11.4. The number of aromatic nitrogens is 3. The van der Waals surface area contributed by atoms with E-state index >= 15 is 0 Å². The first-order valence-electron chi connectivity index (χ1n) is 8.06. The maximum Gasteiger partial charge on any atom is 0.336 e. The molecular weight excluding hydrogens is 346 g/mol. The fraction of sp³-hybridized carbons (Fsp3) is 0.150. The molecule has 5 nitrogen and oxygen atoms in total. The Labute approximate surface area is 157 Å². The highest BCUT2D eigenvalue weighted by molar-refractivity contribution is 7.80. The third-order valence-electron chi connectivity index (χ3n) is 3.99. The predicted octanol–water partition coefficient (Wildman–Crippen LogP) is 3.55. The molecule has 0 amide bonds. The summed E-state index contributed by atoms with van der Waals surface area (Å²) in [6.45, 7) is 0.601. The van der Waals surface area contributed by atoms with Gasteiger partial charge in [-0.25, -0.2) is 14.5 Å². The molecule has 0 aliphatic heterocycles. The van der Waals surface area contributed by atoms with E-state index in [-0.39, 0.29) is 5.56 Å². The lowest BCUT2D eigenvalue weighted by molar-refractivity contribution is 0.0697. The highest BCUT2D eigenvalue weighted by atomic mass is 32.1. The molecule has 1 N–H and O–H groups in total. The van der Waals surface area contributed by atoms with Gasteiger partial charge >= 0.3 is 5.97 Å². The van der Waals surface area contributed by atoms with Gasteiger partial charge < -0.3 is 5.11 Å². The normalized spacial score (nSPS) is 10.5. The van der Waals surface area contributed by atoms with Crippen LogP contribution < -0.4 is 0 Å². The SMILES string of the molecule is C#CCCn1nc(S)nc1Cc1ccc(-c2ccccc2C(=O)O)cc1. The molecule has 0 spiro atoms. The second kappa shape index (κ2) is 7.89. The van der Waals surface area contributed by atoms with Crippen molar-refractivity contribution in [2.45, 2.75) is 24.5 Å². The van der Waals surface area contributed by atoms with Crippen molar-refractivity contribution < 1.29 is 9.90 Å². The first kappa shape index (κ1) is 17.8. The largest absolute Gasteiger partial charge is 0.478 e. The molecule has 130 valence electrons. The fourth-order valence-electron chi connectivity index (χ4n) is 2.75. The summed E-state index contributed by atoms with van der Waals surface area (Å²) in [6.07, 6.45) is 6.49. The zero-order valence-corrected chi connectivity index (χ0v) is 14.9. The number of terminal acetylenes is 1. The van der Waals surface area contributed by atoms with Gasteiger partial charge in [-0.2, -0.15) is 0 Å². The first-order chi connectivity index (χ1) is 12.6. The zero-order chi connectivity index (χ0) is 18.5. The number of hydrogen-bond donors (Lipinski definition) is 2. The molecule has 0 fully saturated rings. The van der Waals surface area contributed by atoms with E-state index in [0.29, 0.717) is 30.1 Å². The van der Waals surface area contributed by atoms with Gasteiger partial charge in [0.25, 0.3) is 0 Å². The van der Waals surface area contributed by atoms with E-state index in [9.17, 15) is 9.90 Å². The summed E-state index contributed by atoms with van der Waals surface area (Å²) in [5, 5.41) is 14.0. The van der Waals surface area contributed by atoms with Crippen LogP contribution >= 0.6 is 12.6 Å². The first-order valence-corrected chi connectivity index (χ1v) is 8.51. The van der Waals surface area contributed by atoms with E-state index in [2.05, 4.69) is 28.6 Å². The van der Waals surface area contributed by atoms with Crippen molar-refractivity contribution in [2.75, 3.05) is 0 Å². The number of rotatable bonds is 6. The third kappa shape index (κ3) is 3.95. The smallest absolute Gasteiger partial charge is 0.336 e. The van der Waals surface area contributed by atoms with Crippen molar-refractivity contribution in [1.29, 1.82) is 0 Å². The molecule has 0 saturated heterocycles. The molecule has 3 rings (SSSR count). The number of carboxylic acid groups (broad SMARTS) is 1. The molecule has 0 unspecified atom stereocenters. The van der Waals surface area contributed by atoms with Gasteiger partial charge in [0.2, 0.25) is 5.16 Å². The summed E-state index contributed by atoms with van der Waals surface area (Å²) >= 11 is 4.21. The quantitative estimate of drug-likeness (QED) is 0.519. The lowest BCUT2D eigenvalue weighted by atomic mass is 9.98. The highest BCUT2D eigenvalue weighted by Gasteiger charge is 2.12. The third-order valence-corrected chi connectivity index (χ3v) is 4.18. The minimum atomic E-state index is -0.937. The van der Waals surface area contributed by atoms with Crippen LogP contribution in [0.1, 0.15) is 28.2 Å². The Morgan fingerprint density at radius 2 is 1.92 bits per heavy atom. The molecule has 0 aliphatic carbocycles. The van der Waals surface area contributed by atoms with Crippen LogP contribution in [0.5, 0.6) is 0 Å². The van der Waals surface area contributed by atoms with Crippen molar-refractivity contribution in [1.82, 2.24) is 14.8 Å². The second-order valence-electron chi connectivity index (χ2n) is 5.73. The molecule has 6 heteroatoms. The number of aromatic carboxylic acids is 1. The predicted molar refractivity (Wildman–Crippen MR) is 102 cm³/mol. The molecule has 2 aromatic carbocycles. The van der Waals surface area contributed by atoms with Crippen LogP contribution in [0.4, 0.5) is 0 Å². The lowest BCUT2D eigenvalue weighted by Crippen LogP contribution is -2.06. The maximum atomic E-state index is 11.4. The van der Waals surface area contributed by atoms with Crippen LogP contribution in [0.15, 0.2) is 53.7 Å². The van der Waals surface area contributed by atoms with Crippen LogP contribution in [0, 0.1) is 12.3 Å². The molecule has 0 aliphatic rings. The topological polar surface area (TPSA) is 68.0 Å². The molecular formula is C20H17N3O2S. The van der Waals surface area contributed by atoms with Gasteiger partial charge in [-0.05, 0) is 22.8 Å². The van der Waals surface area contributed by atoms with Crippen LogP contribution in [-0.4, -0.2) is 25.8 Å². The number of hydrogen-bond acceptors (Lipinski definition) is 4. The summed E-state index contributed by atoms with van der Waals surface area (Å²) in [7, 11) is 0. The Hall–Kier alpha value is -3.04. The van der Waals surface area contributed by atoms with Gasteiger partial charge in [-0.15, -0.1) is 30.1 Å². The van der Waals surface area contributed by atoms with E-state index in [0.717, 1.165) is 17.0 Å². The van der Waals surface area contributed by atoms with Crippen molar-refractivity contribution >= 4 is 18.6 Å². The summed E-state index contributed by atoms with van der Waals surface area (Å²) in [5.41, 5.74) is 2.88. The fourth-order valence-corrected chi connectivity index (χ4v) is 2.97. The summed E-state index contributed by atoms with van der Waals surface area (Å²) in [6, 6.07) is 14.7. The van der Waals surface area contributed by atoms with E-state index in [1.807, 2.05) is 36.4 Å². The van der Waals surface area contributed by atoms with Crippen molar-refractivity contribution in [3.8, 4) is 23.5 Å². The van der Waals surface area contributed by atoms with Crippen LogP contribution in [0.2, 0.25) is 0 Å². The Morgan fingerprint density at radius 3 is 2.62 bits per heavy atom. The molecule has 3 aromatic rings.